The van der Waals surface area contributed by atoms with E-state index in [1.807, 2.05) is 24.3 Å². The molecular weight excluding hydrogens is 276 g/mol. The fourth-order valence-electron chi connectivity index (χ4n) is 2.15. The molecule has 1 aromatic carbocycles. The van der Waals surface area contributed by atoms with Crippen molar-refractivity contribution < 1.29 is 24.5 Å². The number of amides is 2. The Morgan fingerprint density at radius 1 is 1.38 bits per heavy atom. The van der Waals surface area contributed by atoms with Gasteiger partial charge in [-0.3, -0.25) is 0 Å². The topological polar surface area (TPSA) is 108 Å². The van der Waals surface area contributed by atoms with Crippen molar-refractivity contribution in [2.45, 2.75) is 25.0 Å². The second kappa shape index (κ2) is 6.94. The van der Waals surface area contributed by atoms with Crippen LogP contribution in [0.1, 0.15) is 24.4 Å². The average molecular weight is 294 g/mol. The SMILES string of the molecule is O=C(NCC[C@H](O)C(=O)O)NC1CCOc2ccccc21. The van der Waals surface area contributed by atoms with Crippen LogP contribution in [0.25, 0.3) is 0 Å². The fraction of sp³-hybridized carbons (Fsp3) is 0.429. The molecule has 0 bridgehead atoms. The van der Waals surface area contributed by atoms with Crippen molar-refractivity contribution in [2.75, 3.05) is 13.2 Å². The molecule has 2 atom stereocenters. The third-order valence-corrected chi connectivity index (χ3v) is 3.25. The van der Waals surface area contributed by atoms with E-state index in [2.05, 4.69) is 10.6 Å². The maximum Gasteiger partial charge on any atom is 0.332 e. The summed E-state index contributed by atoms with van der Waals surface area (Å²) in [5.74, 6) is -0.536. The molecular formula is C14H18N2O5. The van der Waals surface area contributed by atoms with Crippen LogP contribution >= 0.6 is 0 Å². The number of para-hydroxylation sites is 1. The van der Waals surface area contributed by atoms with Gasteiger partial charge in [0, 0.05) is 24.9 Å². The van der Waals surface area contributed by atoms with Crippen LogP contribution in [0.4, 0.5) is 4.79 Å². The van der Waals surface area contributed by atoms with E-state index in [-0.39, 0.29) is 19.0 Å². The van der Waals surface area contributed by atoms with Crippen molar-refractivity contribution in [1.29, 1.82) is 0 Å². The van der Waals surface area contributed by atoms with Gasteiger partial charge in [-0.25, -0.2) is 9.59 Å². The number of rotatable bonds is 5. The van der Waals surface area contributed by atoms with E-state index >= 15 is 0 Å². The van der Waals surface area contributed by atoms with E-state index in [1.54, 1.807) is 0 Å². The Kier molecular flexibility index (Phi) is 4.99. The number of benzene rings is 1. The minimum Gasteiger partial charge on any atom is -0.493 e. The molecule has 0 aliphatic carbocycles. The first kappa shape index (κ1) is 15.1. The number of aliphatic hydroxyl groups is 1. The molecule has 2 rings (SSSR count). The third kappa shape index (κ3) is 4.09. The number of carboxylic acid groups (broad SMARTS) is 1. The van der Waals surface area contributed by atoms with Crippen LogP contribution in [0, 0.1) is 0 Å². The van der Waals surface area contributed by atoms with Gasteiger partial charge in [-0.1, -0.05) is 18.2 Å². The normalized spacial score (nSPS) is 18.0. The molecule has 1 aliphatic rings. The number of carbonyl (C=O) groups is 2. The second-order valence-corrected chi connectivity index (χ2v) is 4.77. The van der Waals surface area contributed by atoms with Crippen molar-refractivity contribution in [2.24, 2.45) is 0 Å². The maximum atomic E-state index is 11.8. The molecule has 114 valence electrons. The molecule has 7 nitrogen and oxygen atoms in total. The molecule has 0 aromatic heterocycles. The average Bonchev–Trinajstić information content (AvgIpc) is 2.47. The number of fused-ring (bicyclic) bond motifs is 1. The summed E-state index contributed by atoms with van der Waals surface area (Å²) in [6.45, 7) is 0.615. The molecule has 4 N–H and O–H groups in total. The smallest absolute Gasteiger partial charge is 0.332 e. The van der Waals surface area contributed by atoms with Gasteiger partial charge >= 0.3 is 12.0 Å². The van der Waals surface area contributed by atoms with Gasteiger partial charge < -0.3 is 25.6 Å². The highest BCUT2D eigenvalue weighted by atomic mass is 16.5. The standard InChI is InChI=1S/C14H18N2O5/c17-11(13(18)19)5-7-15-14(20)16-10-6-8-21-12-4-2-1-3-9(10)12/h1-4,10-11,17H,5-8H2,(H,18,19)(H2,15,16,20)/t10?,11-/m0/s1. The van der Waals surface area contributed by atoms with Crippen molar-refractivity contribution in [3.63, 3.8) is 0 Å². The van der Waals surface area contributed by atoms with Gasteiger partial charge in [0.1, 0.15) is 5.75 Å². The summed E-state index contributed by atoms with van der Waals surface area (Å²) >= 11 is 0. The zero-order chi connectivity index (χ0) is 15.2. The van der Waals surface area contributed by atoms with Crippen molar-refractivity contribution in [3.05, 3.63) is 29.8 Å². The Morgan fingerprint density at radius 2 is 2.14 bits per heavy atom. The first-order chi connectivity index (χ1) is 10.1. The second-order valence-electron chi connectivity index (χ2n) is 4.77. The predicted molar refractivity (Wildman–Crippen MR) is 74.1 cm³/mol. The molecule has 0 fully saturated rings. The van der Waals surface area contributed by atoms with E-state index in [4.69, 9.17) is 14.9 Å². The molecule has 0 radical (unpaired) electrons. The van der Waals surface area contributed by atoms with E-state index in [1.165, 1.54) is 0 Å². The zero-order valence-electron chi connectivity index (χ0n) is 11.4. The Balaban J connectivity index is 1.82. The summed E-state index contributed by atoms with van der Waals surface area (Å²) in [7, 11) is 0. The summed E-state index contributed by atoms with van der Waals surface area (Å²) in [6, 6.07) is 6.96. The highest BCUT2D eigenvalue weighted by molar-refractivity contribution is 5.75. The number of hydrogen-bond acceptors (Lipinski definition) is 4. The van der Waals surface area contributed by atoms with Crippen LogP contribution in [-0.2, 0) is 4.79 Å². The lowest BCUT2D eigenvalue weighted by Crippen LogP contribution is -2.41. The summed E-state index contributed by atoms with van der Waals surface area (Å²) in [4.78, 5) is 22.2. The minimum absolute atomic E-state index is 0.0346. The van der Waals surface area contributed by atoms with E-state index in [9.17, 15) is 9.59 Å². The monoisotopic (exact) mass is 294 g/mol. The fourth-order valence-corrected chi connectivity index (χ4v) is 2.15. The van der Waals surface area contributed by atoms with Crippen LogP contribution in [0.5, 0.6) is 5.75 Å². The Morgan fingerprint density at radius 3 is 2.90 bits per heavy atom. The zero-order valence-corrected chi connectivity index (χ0v) is 11.4. The van der Waals surface area contributed by atoms with Gasteiger partial charge in [-0.05, 0) is 6.07 Å². The Hall–Kier alpha value is -2.28. The Labute approximate surface area is 121 Å². The Bertz CT molecular complexity index is 520. The number of nitrogens with one attached hydrogen (secondary N) is 2. The van der Waals surface area contributed by atoms with Gasteiger partial charge in [0.25, 0.3) is 0 Å². The van der Waals surface area contributed by atoms with Gasteiger partial charge in [0.15, 0.2) is 6.10 Å². The van der Waals surface area contributed by atoms with E-state index < -0.39 is 18.1 Å². The number of ether oxygens (including phenoxy) is 1. The van der Waals surface area contributed by atoms with Crippen LogP contribution in [0.3, 0.4) is 0 Å². The first-order valence-electron chi connectivity index (χ1n) is 6.75. The molecule has 0 saturated heterocycles. The summed E-state index contributed by atoms with van der Waals surface area (Å²) in [6.07, 6.45) is -0.830. The van der Waals surface area contributed by atoms with Crippen LogP contribution in [0.2, 0.25) is 0 Å². The number of carboxylic acids is 1. The number of urea groups is 1. The van der Waals surface area contributed by atoms with Gasteiger partial charge in [-0.15, -0.1) is 0 Å². The lowest BCUT2D eigenvalue weighted by atomic mass is 10.0. The van der Waals surface area contributed by atoms with E-state index in [0.717, 1.165) is 11.3 Å². The molecule has 0 spiro atoms. The molecule has 21 heavy (non-hydrogen) atoms. The lowest BCUT2D eigenvalue weighted by Gasteiger charge is -2.26. The number of aliphatic carboxylic acids is 1. The van der Waals surface area contributed by atoms with Crippen molar-refractivity contribution in [3.8, 4) is 5.75 Å². The van der Waals surface area contributed by atoms with Crippen LogP contribution < -0.4 is 15.4 Å². The maximum absolute atomic E-state index is 11.8. The molecule has 1 heterocycles. The molecule has 1 unspecified atom stereocenters. The van der Waals surface area contributed by atoms with Gasteiger partial charge in [-0.2, -0.15) is 0 Å². The molecule has 0 saturated carbocycles. The quantitative estimate of drug-likeness (QED) is 0.637. The highest BCUT2D eigenvalue weighted by Crippen LogP contribution is 2.31. The molecule has 1 aromatic rings. The first-order valence-corrected chi connectivity index (χ1v) is 6.75. The third-order valence-electron chi connectivity index (χ3n) is 3.25. The summed E-state index contributed by atoms with van der Waals surface area (Å²) in [5, 5.41) is 23.0. The molecule has 7 heteroatoms. The number of hydrogen-bond donors (Lipinski definition) is 4. The molecule has 1 aliphatic heterocycles. The lowest BCUT2D eigenvalue weighted by molar-refractivity contribution is -0.146. The summed E-state index contributed by atoms with van der Waals surface area (Å²) in [5.41, 5.74) is 0.921. The van der Waals surface area contributed by atoms with Crippen molar-refractivity contribution in [1.82, 2.24) is 10.6 Å². The van der Waals surface area contributed by atoms with Crippen molar-refractivity contribution >= 4 is 12.0 Å². The minimum atomic E-state index is -1.46. The van der Waals surface area contributed by atoms with Crippen LogP contribution in [-0.4, -0.2) is 41.5 Å². The van der Waals surface area contributed by atoms with Gasteiger partial charge in [0.2, 0.25) is 0 Å². The van der Waals surface area contributed by atoms with E-state index in [0.29, 0.717) is 13.0 Å². The number of aliphatic hydroxyl groups excluding tert-OH is 1. The molecule has 2 amide bonds. The van der Waals surface area contributed by atoms with Crippen LogP contribution in [0.15, 0.2) is 24.3 Å². The predicted octanol–water partition coefficient (Wildman–Crippen LogP) is 0.645. The highest BCUT2D eigenvalue weighted by Gasteiger charge is 2.22. The number of carbonyl (C=O) groups excluding carboxylic acids is 1. The van der Waals surface area contributed by atoms with Gasteiger partial charge in [0.05, 0.1) is 12.6 Å². The largest absolute Gasteiger partial charge is 0.493 e. The summed E-state index contributed by atoms with van der Waals surface area (Å²) < 4.78 is 5.50.